The van der Waals surface area contributed by atoms with E-state index >= 15 is 0 Å². The van der Waals surface area contributed by atoms with E-state index in [9.17, 15) is 19.7 Å². The molecule has 0 saturated heterocycles. The molecule has 0 bridgehead atoms. The minimum atomic E-state index is -0.803. The van der Waals surface area contributed by atoms with Gasteiger partial charge in [-0.25, -0.2) is 0 Å². The Balaban J connectivity index is 1.68. The molecule has 0 saturated carbocycles. The highest BCUT2D eigenvalue weighted by atomic mass is 16.6. The lowest BCUT2D eigenvalue weighted by molar-refractivity contribution is -0.386. The summed E-state index contributed by atoms with van der Waals surface area (Å²) in [6, 6.07) is 19.3. The summed E-state index contributed by atoms with van der Waals surface area (Å²) in [7, 11) is 0. The minimum Gasteiger partial charge on any atom is -0.356 e. The first kappa shape index (κ1) is 18.8. The zero-order valence-electron chi connectivity index (χ0n) is 15.1. The van der Waals surface area contributed by atoms with Crippen molar-refractivity contribution in [2.45, 2.75) is 13.5 Å². The molecule has 1 amide bonds. The van der Waals surface area contributed by atoms with Crippen molar-refractivity contribution < 1.29 is 9.72 Å². The van der Waals surface area contributed by atoms with E-state index in [1.54, 1.807) is 19.1 Å². The lowest BCUT2D eigenvalue weighted by Gasteiger charge is -2.11. The highest BCUT2D eigenvalue weighted by Gasteiger charge is 2.17. The lowest BCUT2D eigenvalue weighted by Crippen LogP contribution is -2.30. The van der Waals surface area contributed by atoms with Crippen molar-refractivity contribution in [1.82, 2.24) is 4.57 Å². The number of aromatic nitrogens is 1. The fourth-order valence-electron chi connectivity index (χ4n) is 2.66. The molecule has 1 heterocycles. The van der Waals surface area contributed by atoms with Gasteiger partial charge in [0.15, 0.2) is 0 Å². The molecule has 3 aromatic rings. The molecular formula is C20H18N4O4. The third-order valence-electron chi connectivity index (χ3n) is 4.10. The topological polar surface area (TPSA) is 106 Å². The largest absolute Gasteiger partial charge is 0.356 e. The van der Waals surface area contributed by atoms with Crippen LogP contribution in [0.2, 0.25) is 0 Å². The molecule has 8 heteroatoms. The Morgan fingerprint density at radius 3 is 2.21 bits per heavy atom. The molecule has 0 unspecified atom stereocenters. The fourth-order valence-corrected chi connectivity index (χ4v) is 2.66. The first-order valence-corrected chi connectivity index (χ1v) is 8.51. The number of hydrogen-bond acceptors (Lipinski definition) is 5. The Morgan fingerprint density at radius 1 is 0.964 bits per heavy atom. The number of nitro groups is 1. The maximum absolute atomic E-state index is 12.3. The Morgan fingerprint density at radius 2 is 1.57 bits per heavy atom. The van der Waals surface area contributed by atoms with E-state index in [0.29, 0.717) is 11.4 Å². The Labute approximate surface area is 160 Å². The molecule has 1 aromatic heterocycles. The number of para-hydroxylation sites is 1. The summed E-state index contributed by atoms with van der Waals surface area (Å²) in [5.74, 6) is -0.450. The van der Waals surface area contributed by atoms with E-state index < -0.39 is 22.1 Å². The number of aryl methyl sites for hydroxylation is 1. The number of rotatable bonds is 6. The SMILES string of the molecule is Cc1ccc([N+](=O)[O-])c(=O)n1CC(=O)Nc1ccc(Nc2ccccc2)cc1. The molecule has 3 rings (SSSR count). The summed E-state index contributed by atoms with van der Waals surface area (Å²) in [6.07, 6.45) is 0. The highest BCUT2D eigenvalue weighted by Crippen LogP contribution is 2.18. The van der Waals surface area contributed by atoms with Gasteiger partial charge in [0, 0.05) is 28.8 Å². The quantitative estimate of drug-likeness (QED) is 0.505. The van der Waals surface area contributed by atoms with Crippen molar-refractivity contribution in [3.05, 3.63) is 92.9 Å². The van der Waals surface area contributed by atoms with Crippen LogP contribution >= 0.6 is 0 Å². The fraction of sp³-hybridized carbons (Fsp3) is 0.100. The molecule has 2 aromatic carbocycles. The van der Waals surface area contributed by atoms with Crippen LogP contribution in [0.4, 0.5) is 22.7 Å². The van der Waals surface area contributed by atoms with Crippen LogP contribution < -0.4 is 16.2 Å². The smallest absolute Gasteiger partial charge is 0.334 e. The van der Waals surface area contributed by atoms with Crippen LogP contribution in [0.1, 0.15) is 5.69 Å². The predicted octanol–water partition coefficient (Wildman–Crippen LogP) is 3.45. The third kappa shape index (κ3) is 4.42. The number of nitrogens with zero attached hydrogens (tertiary/aromatic N) is 2. The van der Waals surface area contributed by atoms with Crippen LogP contribution in [-0.4, -0.2) is 15.4 Å². The Bertz CT molecular complexity index is 1060. The number of hydrogen-bond donors (Lipinski definition) is 2. The van der Waals surface area contributed by atoms with Gasteiger partial charge in [0.2, 0.25) is 5.91 Å². The van der Waals surface area contributed by atoms with E-state index in [2.05, 4.69) is 10.6 Å². The van der Waals surface area contributed by atoms with E-state index in [1.807, 2.05) is 42.5 Å². The van der Waals surface area contributed by atoms with Crippen molar-refractivity contribution in [3.63, 3.8) is 0 Å². The number of nitrogens with one attached hydrogen (secondary N) is 2. The van der Waals surface area contributed by atoms with Crippen LogP contribution in [0.3, 0.4) is 0 Å². The molecule has 0 spiro atoms. The number of carbonyl (C=O) groups is 1. The molecule has 8 nitrogen and oxygen atoms in total. The number of pyridine rings is 1. The normalized spacial score (nSPS) is 10.3. The van der Waals surface area contributed by atoms with Gasteiger partial charge in [-0.05, 0) is 49.4 Å². The molecule has 28 heavy (non-hydrogen) atoms. The minimum absolute atomic E-state index is 0.309. The van der Waals surface area contributed by atoms with Crippen molar-refractivity contribution in [1.29, 1.82) is 0 Å². The number of carbonyl (C=O) groups excluding carboxylic acids is 1. The zero-order valence-corrected chi connectivity index (χ0v) is 15.1. The van der Waals surface area contributed by atoms with E-state index in [-0.39, 0.29) is 6.54 Å². The monoisotopic (exact) mass is 378 g/mol. The standard InChI is InChI=1S/C20H18N4O4/c1-14-7-12-18(24(27)28)20(26)23(14)13-19(25)22-17-10-8-16(9-11-17)21-15-5-3-2-4-6-15/h2-12,21H,13H2,1H3,(H,22,25). The highest BCUT2D eigenvalue weighted by molar-refractivity contribution is 5.90. The summed E-state index contributed by atoms with van der Waals surface area (Å²) in [6.45, 7) is 1.30. The molecular weight excluding hydrogens is 360 g/mol. The lowest BCUT2D eigenvalue weighted by atomic mass is 10.2. The Hall–Kier alpha value is -3.94. The van der Waals surface area contributed by atoms with Crippen LogP contribution in [-0.2, 0) is 11.3 Å². The summed E-state index contributed by atoms with van der Waals surface area (Å²) in [5.41, 5.74) is 1.46. The molecule has 2 N–H and O–H groups in total. The molecule has 0 aliphatic carbocycles. The van der Waals surface area contributed by atoms with Gasteiger partial charge in [0.05, 0.1) is 4.92 Å². The summed E-state index contributed by atoms with van der Waals surface area (Å²) >= 11 is 0. The molecule has 0 aliphatic rings. The van der Waals surface area contributed by atoms with Gasteiger partial charge in [0.1, 0.15) is 6.54 Å². The van der Waals surface area contributed by atoms with Crippen molar-refractivity contribution in [3.8, 4) is 0 Å². The van der Waals surface area contributed by atoms with Crippen LogP contribution in [0.5, 0.6) is 0 Å². The van der Waals surface area contributed by atoms with E-state index in [4.69, 9.17) is 0 Å². The van der Waals surface area contributed by atoms with Gasteiger partial charge in [-0.2, -0.15) is 0 Å². The zero-order chi connectivity index (χ0) is 20.1. The second kappa shape index (κ2) is 8.17. The molecule has 142 valence electrons. The second-order valence-corrected chi connectivity index (χ2v) is 6.12. The predicted molar refractivity (Wildman–Crippen MR) is 107 cm³/mol. The molecule has 0 radical (unpaired) electrons. The summed E-state index contributed by atoms with van der Waals surface area (Å²) < 4.78 is 1.08. The second-order valence-electron chi connectivity index (χ2n) is 6.12. The molecule has 0 aliphatic heterocycles. The first-order chi connectivity index (χ1) is 13.4. The van der Waals surface area contributed by atoms with Gasteiger partial charge in [-0.15, -0.1) is 0 Å². The summed E-state index contributed by atoms with van der Waals surface area (Å²) in [4.78, 5) is 34.6. The average molecular weight is 378 g/mol. The van der Waals surface area contributed by atoms with Crippen LogP contribution in [0.25, 0.3) is 0 Å². The average Bonchev–Trinajstić information content (AvgIpc) is 2.67. The van der Waals surface area contributed by atoms with Gasteiger partial charge in [-0.3, -0.25) is 24.3 Å². The number of benzene rings is 2. The van der Waals surface area contributed by atoms with Crippen molar-refractivity contribution in [2.75, 3.05) is 10.6 Å². The third-order valence-corrected chi connectivity index (χ3v) is 4.10. The number of amides is 1. The maximum atomic E-state index is 12.3. The first-order valence-electron chi connectivity index (χ1n) is 8.51. The van der Waals surface area contributed by atoms with Crippen LogP contribution in [0, 0.1) is 17.0 Å². The van der Waals surface area contributed by atoms with Gasteiger partial charge in [-0.1, -0.05) is 18.2 Å². The van der Waals surface area contributed by atoms with Gasteiger partial charge >= 0.3 is 11.2 Å². The molecule has 0 fully saturated rings. The summed E-state index contributed by atoms with van der Waals surface area (Å²) in [5, 5.41) is 16.8. The van der Waals surface area contributed by atoms with Crippen molar-refractivity contribution >= 4 is 28.7 Å². The molecule has 0 atom stereocenters. The maximum Gasteiger partial charge on any atom is 0.334 e. The van der Waals surface area contributed by atoms with Gasteiger partial charge < -0.3 is 10.6 Å². The van der Waals surface area contributed by atoms with E-state index in [0.717, 1.165) is 22.0 Å². The number of anilines is 3. The van der Waals surface area contributed by atoms with Gasteiger partial charge in [0.25, 0.3) is 0 Å². The van der Waals surface area contributed by atoms with Crippen molar-refractivity contribution in [2.24, 2.45) is 0 Å². The Kier molecular flexibility index (Phi) is 5.50. The van der Waals surface area contributed by atoms with E-state index in [1.165, 1.54) is 6.07 Å². The van der Waals surface area contributed by atoms with Crippen LogP contribution in [0.15, 0.2) is 71.5 Å².